The van der Waals surface area contributed by atoms with Gasteiger partial charge in [0.25, 0.3) is 11.2 Å². The fraction of sp³-hybridized carbons (Fsp3) is 0.333. The lowest BCUT2D eigenvalue weighted by Gasteiger charge is -2.34. The predicted octanol–water partition coefficient (Wildman–Crippen LogP) is 7.09. The van der Waals surface area contributed by atoms with Crippen LogP contribution in [-0.4, -0.2) is 34.9 Å². The summed E-state index contributed by atoms with van der Waals surface area (Å²) in [5, 5.41) is 18.1. The van der Waals surface area contributed by atoms with Crippen molar-refractivity contribution in [2.45, 2.75) is 35.9 Å². The van der Waals surface area contributed by atoms with E-state index >= 15 is 0 Å². The van der Waals surface area contributed by atoms with Gasteiger partial charge in [0.2, 0.25) is 0 Å². The number of alkyl halides is 12. The van der Waals surface area contributed by atoms with Gasteiger partial charge in [0.1, 0.15) is 0 Å². The quantitative estimate of drug-likeness (QED) is 0.281. The van der Waals surface area contributed by atoms with Crippen LogP contribution in [-0.2, 0) is 11.2 Å². The van der Waals surface area contributed by atoms with E-state index in [1.165, 1.54) is 0 Å². The second kappa shape index (κ2) is 9.24. The van der Waals surface area contributed by atoms with Gasteiger partial charge in [-0.3, -0.25) is 0 Å². The SMILES string of the molecule is OC(c1c(F)c(F)c(-c2c(F)c(F)c(C(O)(C(F)(F)F)C(F)(F)F)c(F)c2F)c(F)c1F)(C(F)(F)F)C(F)(F)F. The van der Waals surface area contributed by atoms with Gasteiger partial charge in [0, 0.05) is 0 Å². The summed E-state index contributed by atoms with van der Waals surface area (Å²) >= 11 is 0. The minimum absolute atomic E-state index is 3.34. The van der Waals surface area contributed by atoms with Crippen LogP contribution < -0.4 is 0 Å². The number of hydrogen-bond acceptors (Lipinski definition) is 2. The normalized spacial score (nSPS) is 14.2. The van der Waals surface area contributed by atoms with Crippen LogP contribution in [0.4, 0.5) is 87.8 Å². The molecule has 0 amide bonds. The van der Waals surface area contributed by atoms with Crippen LogP contribution in [0.25, 0.3) is 11.1 Å². The molecule has 2 nitrogen and oxygen atoms in total. The maximum Gasteiger partial charge on any atom is 0.430 e. The summed E-state index contributed by atoms with van der Waals surface area (Å²) in [6.45, 7) is 0. The molecule has 0 unspecified atom stereocenters. The molecule has 22 heteroatoms. The molecule has 0 saturated heterocycles. The van der Waals surface area contributed by atoms with Crippen LogP contribution in [0.3, 0.4) is 0 Å². The standard InChI is InChI=1S/C18H2F20O2/c19-5-1(6(20)10(24)3(9(5)23)13(39,15(27,28)29)16(30,31)32)2-7(21)11(25)4(12(26)8(2)22)14(40,17(33,34)35)18(36,37)38/h39-40H. The van der Waals surface area contributed by atoms with Gasteiger partial charge in [-0.05, 0) is 0 Å². The van der Waals surface area contributed by atoms with Gasteiger partial charge in [0.15, 0.2) is 46.5 Å². The van der Waals surface area contributed by atoms with Crippen LogP contribution in [0.1, 0.15) is 11.1 Å². The maximum absolute atomic E-state index is 14.4. The molecule has 2 N–H and O–H groups in total. The third kappa shape index (κ3) is 4.29. The predicted molar refractivity (Wildman–Crippen MR) is 83.6 cm³/mol. The van der Waals surface area contributed by atoms with Gasteiger partial charge in [0.05, 0.1) is 22.3 Å². The number of hydrogen-bond donors (Lipinski definition) is 2. The Hall–Kier alpha value is -3.04. The smallest absolute Gasteiger partial charge is 0.369 e. The summed E-state index contributed by atoms with van der Waals surface area (Å²) in [5.41, 5.74) is -28.3. The molecule has 0 aliphatic rings. The third-order valence-electron chi connectivity index (χ3n) is 5.14. The van der Waals surface area contributed by atoms with Gasteiger partial charge < -0.3 is 10.2 Å². The zero-order chi connectivity index (χ0) is 31.9. The molecule has 40 heavy (non-hydrogen) atoms. The summed E-state index contributed by atoms with van der Waals surface area (Å²) in [6, 6.07) is 0. The molecule has 0 fully saturated rings. The Bertz CT molecular complexity index is 1160. The Labute approximate surface area is 204 Å². The van der Waals surface area contributed by atoms with E-state index in [-0.39, 0.29) is 0 Å². The highest BCUT2D eigenvalue weighted by Crippen LogP contribution is 2.55. The lowest BCUT2D eigenvalue weighted by Crippen LogP contribution is -2.55. The highest BCUT2D eigenvalue weighted by molar-refractivity contribution is 5.69. The molecule has 2 aromatic rings. The van der Waals surface area contributed by atoms with Crippen LogP contribution in [0.2, 0.25) is 0 Å². The molecule has 2 aromatic carbocycles. The zero-order valence-electron chi connectivity index (χ0n) is 17.5. The molecular formula is C18H2F20O2. The summed E-state index contributed by atoms with van der Waals surface area (Å²) < 4.78 is 270. The van der Waals surface area contributed by atoms with E-state index in [9.17, 15) is 87.8 Å². The Morgan fingerprint density at radius 3 is 0.575 bits per heavy atom. The van der Waals surface area contributed by atoms with E-state index in [1.54, 1.807) is 0 Å². The van der Waals surface area contributed by atoms with Crippen molar-refractivity contribution in [2.75, 3.05) is 0 Å². The van der Waals surface area contributed by atoms with Gasteiger partial charge in [-0.25, -0.2) is 35.1 Å². The molecule has 0 atom stereocenters. The Balaban J connectivity index is 3.17. The first-order valence-electron chi connectivity index (χ1n) is 8.98. The zero-order valence-corrected chi connectivity index (χ0v) is 17.5. The molecule has 0 aliphatic carbocycles. The van der Waals surface area contributed by atoms with Gasteiger partial charge in [-0.2, -0.15) is 52.7 Å². The summed E-state index contributed by atoms with van der Waals surface area (Å²) in [6.07, 6.45) is -29.1. The molecular weight excluding hydrogens is 628 g/mol. The fourth-order valence-electron chi connectivity index (χ4n) is 3.23. The van der Waals surface area contributed by atoms with Gasteiger partial charge in [-0.15, -0.1) is 0 Å². The van der Waals surface area contributed by atoms with E-state index in [1.807, 2.05) is 0 Å². The average molecular weight is 630 g/mol. The van der Waals surface area contributed by atoms with Crippen molar-refractivity contribution in [1.82, 2.24) is 0 Å². The fourth-order valence-corrected chi connectivity index (χ4v) is 3.23. The van der Waals surface area contributed by atoms with Crippen LogP contribution in [0.15, 0.2) is 0 Å². The Morgan fingerprint density at radius 1 is 0.300 bits per heavy atom. The van der Waals surface area contributed by atoms with Crippen molar-refractivity contribution in [1.29, 1.82) is 0 Å². The monoisotopic (exact) mass is 630 g/mol. The highest BCUT2D eigenvalue weighted by atomic mass is 19.4. The first-order chi connectivity index (χ1) is 17.5. The van der Waals surface area contributed by atoms with E-state index in [0.717, 1.165) is 0 Å². The molecule has 0 heterocycles. The first kappa shape index (κ1) is 33.2. The highest BCUT2D eigenvalue weighted by Gasteiger charge is 2.75. The summed E-state index contributed by atoms with van der Waals surface area (Å²) in [7, 11) is 0. The van der Waals surface area contributed by atoms with Crippen molar-refractivity contribution < 1.29 is 98.0 Å². The molecule has 0 radical (unpaired) electrons. The van der Waals surface area contributed by atoms with Crippen molar-refractivity contribution in [3.63, 3.8) is 0 Å². The number of benzene rings is 2. The largest absolute Gasteiger partial charge is 0.430 e. The van der Waals surface area contributed by atoms with Crippen molar-refractivity contribution in [2.24, 2.45) is 0 Å². The van der Waals surface area contributed by atoms with Crippen LogP contribution >= 0.6 is 0 Å². The number of aliphatic hydroxyl groups is 2. The molecule has 0 aliphatic heterocycles. The molecule has 0 bridgehead atoms. The Morgan fingerprint density at radius 2 is 0.450 bits per heavy atom. The second-order valence-electron chi connectivity index (χ2n) is 7.42. The minimum Gasteiger partial charge on any atom is -0.369 e. The van der Waals surface area contributed by atoms with Gasteiger partial charge in [-0.1, -0.05) is 0 Å². The maximum atomic E-state index is 14.4. The van der Waals surface area contributed by atoms with E-state index in [2.05, 4.69) is 0 Å². The first-order valence-corrected chi connectivity index (χ1v) is 8.98. The lowest BCUT2D eigenvalue weighted by molar-refractivity contribution is -0.378. The third-order valence-corrected chi connectivity index (χ3v) is 5.14. The van der Waals surface area contributed by atoms with Gasteiger partial charge >= 0.3 is 24.7 Å². The van der Waals surface area contributed by atoms with Crippen molar-refractivity contribution in [3.8, 4) is 11.1 Å². The molecule has 2 rings (SSSR count). The molecule has 0 saturated carbocycles. The van der Waals surface area contributed by atoms with Crippen molar-refractivity contribution in [3.05, 3.63) is 57.7 Å². The van der Waals surface area contributed by atoms with Crippen LogP contribution in [0, 0.1) is 46.5 Å². The van der Waals surface area contributed by atoms with E-state index in [0.29, 0.717) is 0 Å². The van der Waals surface area contributed by atoms with Crippen molar-refractivity contribution >= 4 is 0 Å². The topological polar surface area (TPSA) is 40.5 Å². The van der Waals surface area contributed by atoms with E-state index in [4.69, 9.17) is 10.2 Å². The molecule has 0 aromatic heterocycles. The van der Waals surface area contributed by atoms with E-state index < -0.39 is 105 Å². The lowest BCUT2D eigenvalue weighted by atomic mass is 9.86. The molecule has 0 spiro atoms. The van der Waals surface area contributed by atoms with Crippen LogP contribution in [0.5, 0.6) is 0 Å². The number of halogens is 20. The number of rotatable bonds is 3. The second-order valence-corrected chi connectivity index (χ2v) is 7.42. The summed E-state index contributed by atoms with van der Waals surface area (Å²) in [5.74, 6) is -31.2. The Kier molecular flexibility index (Phi) is 7.66. The molecule has 226 valence electrons. The minimum atomic E-state index is -7.27. The average Bonchev–Trinajstić information content (AvgIpc) is 2.75. The summed E-state index contributed by atoms with van der Waals surface area (Å²) in [4.78, 5) is 0.